The number of ether oxygens (including phenoxy) is 14. The number of carbonyl (C=O) groups excluding carboxylic acids is 2. The molecule has 0 saturated carbocycles. The van der Waals surface area contributed by atoms with E-state index in [1.165, 1.54) is 27.9 Å². The molecule has 81 heavy (non-hydrogen) atoms. The van der Waals surface area contributed by atoms with Crippen LogP contribution in [0.2, 0.25) is 0 Å². The van der Waals surface area contributed by atoms with Crippen LogP contribution in [0.15, 0.2) is 24.3 Å². The molecule has 0 aliphatic carbocycles. The molecule has 0 unspecified atom stereocenters. The molecule has 32 heteroatoms. The molecule has 32 nitrogen and oxygen atoms in total. The third-order valence-electron chi connectivity index (χ3n) is 14.8. The molecule has 1 aromatic carbocycles. The fourth-order valence-electron chi connectivity index (χ4n) is 10.2. The summed E-state index contributed by atoms with van der Waals surface area (Å²) in [5.74, 6) is -0.600. The van der Waals surface area contributed by atoms with Gasteiger partial charge in [0.2, 0.25) is 11.8 Å². The van der Waals surface area contributed by atoms with Crippen molar-refractivity contribution in [2.75, 3.05) is 40.1 Å². The topological polar surface area (TPSA) is 471 Å². The van der Waals surface area contributed by atoms with Gasteiger partial charge in [-0.3, -0.25) is 9.59 Å². The number of hydrogen-bond acceptors (Lipinski definition) is 30. The minimum atomic E-state index is -2.03. The lowest BCUT2D eigenvalue weighted by atomic mass is 9.93. The molecule has 0 aromatic heterocycles. The summed E-state index contributed by atoms with van der Waals surface area (Å²) in [5, 5.41) is 159. The molecular formula is C49H78N2O30. The van der Waals surface area contributed by atoms with Crippen molar-refractivity contribution in [1.29, 1.82) is 0 Å². The molecular weight excluding hydrogens is 1100 g/mol. The largest absolute Gasteiger partial charge is 0.497 e. The molecule has 16 N–H and O–H groups in total. The number of carbonyl (C=O) groups is 2. The Bertz CT molecular complexity index is 2120. The molecule has 1 aromatic rings. The van der Waals surface area contributed by atoms with Gasteiger partial charge in [0.1, 0.15) is 146 Å². The second kappa shape index (κ2) is 28.7. The highest BCUT2D eigenvalue weighted by Gasteiger charge is 2.58. The lowest BCUT2D eigenvalue weighted by Crippen LogP contribution is -2.72. The van der Waals surface area contributed by atoms with Gasteiger partial charge in [-0.1, -0.05) is 0 Å². The van der Waals surface area contributed by atoms with E-state index in [2.05, 4.69) is 10.6 Å². The molecule has 6 saturated heterocycles. The average Bonchev–Trinajstić information content (AvgIpc) is 3.54. The molecule has 0 radical (unpaired) electrons. The number of aliphatic hydroxyl groups is 14. The number of benzene rings is 1. The summed E-state index contributed by atoms with van der Waals surface area (Å²) in [6.45, 7) is 3.18. The van der Waals surface area contributed by atoms with E-state index in [-0.39, 0.29) is 13.2 Å². The van der Waals surface area contributed by atoms with Gasteiger partial charge in [-0.05, 0) is 45.0 Å². The summed E-state index contributed by atoms with van der Waals surface area (Å²) in [5.41, 5.74) is 0. The Morgan fingerprint density at radius 2 is 0.778 bits per heavy atom. The van der Waals surface area contributed by atoms with E-state index in [0.717, 1.165) is 13.8 Å². The summed E-state index contributed by atoms with van der Waals surface area (Å²) in [6, 6.07) is 3.16. The van der Waals surface area contributed by atoms with Crippen LogP contribution < -0.4 is 20.1 Å². The van der Waals surface area contributed by atoms with Gasteiger partial charge in [0, 0.05) is 13.8 Å². The highest BCUT2D eigenvalue weighted by Crippen LogP contribution is 2.38. The van der Waals surface area contributed by atoms with Crippen LogP contribution in [0.5, 0.6) is 11.5 Å². The van der Waals surface area contributed by atoms with Crippen LogP contribution >= 0.6 is 0 Å². The first-order chi connectivity index (χ1) is 38.4. The van der Waals surface area contributed by atoms with E-state index in [1.54, 1.807) is 24.3 Å². The van der Waals surface area contributed by atoms with Crippen LogP contribution in [0.3, 0.4) is 0 Å². The molecule has 2 amide bonds. The quantitative estimate of drug-likeness (QED) is 0.0508. The second-order valence-electron chi connectivity index (χ2n) is 20.6. The first kappa shape index (κ1) is 65.3. The van der Waals surface area contributed by atoms with Crippen LogP contribution in [0.25, 0.3) is 0 Å². The highest BCUT2D eigenvalue weighted by molar-refractivity contribution is 5.73. The van der Waals surface area contributed by atoms with Crippen molar-refractivity contribution in [2.24, 2.45) is 0 Å². The second-order valence-corrected chi connectivity index (χ2v) is 20.6. The normalized spacial score (nSPS) is 45.9. The van der Waals surface area contributed by atoms with Gasteiger partial charge in [0.05, 0.1) is 51.8 Å². The van der Waals surface area contributed by atoms with Crippen molar-refractivity contribution in [3.8, 4) is 11.5 Å². The zero-order valence-corrected chi connectivity index (χ0v) is 45.0. The number of rotatable bonds is 21. The first-order valence-electron chi connectivity index (χ1n) is 26.4. The van der Waals surface area contributed by atoms with Crippen LogP contribution in [-0.2, 0) is 66.4 Å². The van der Waals surface area contributed by atoms with Gasteiger partial charge < -0.3 is 148 Å². The molecule has 6 aliphatic heterocycles. The average molecular weight is 1180 g/mol. The Labute approximate surface area is 463 Å². The van der Waals surface area contributed by atoms with Crippen LogP contribution in [0.4, 0.5) is 0 Å². The maximum absolute atomic E-state index is 13.1. The number of hydrogen-bond donors (Lipinski definition) is 16. The molecule has 0 bridgehead atoms. The number of aliphatic hydroxyl groups excluding tert-OH is 14. The van der Waals surface area contributed by atoms with E-state index >= 15 is 0 Å². The van der Waals surface area contributed by atoms with Crippen molar-refractivity contribution in [3.63, 3.8) is 0 Å². The third-order valence-corrected chi connectivity index (χ3v) is 14.8. The Hall–Kier alpha value is -3.28. The van der Waals surface area contributed by atoms with Crippen molar-refractivity contribution in [1.82, 2.24) is 10.6 Å². The number of nitrogens with one attached hydrogen (secondary N) is 2. The lowest BCUT2D eigenvalue weighted by molar-refractivity contribution is -0.392. The first-order valence-corrected chi connectivity index (χ1v) is 26.4. The van der Waals surface area contributed by atoms with E-state index in [4.69, 9.17) is 66.3 Å². The van der Waals surface area contributed by atoms with Crippen molar-refractivity contribution >= 4 is 11.8 Å². The van der Waals surface area contributed by atoms with Gasteiger partial charge in [-0.25, -0.2) is 0 Å². The van der Waals surface area contributed by atoms with Gasteiger partial charge in [0.25, 0.3) is 0 Å². The van der Waals surface area contributed by atoms with Crippen LogP contribution in [0.1, 0.15) is 34.6 Å². The molecule has 7 rings (SSSR count). The van der Waals surface area contributed by atoms with E-state index in [1.807, 2.05) is 0 Å². The van der Waals surface area contributed by atoms with Crippen LogP contribution in [-0.4, -0.2) is 308 Å². The summed E-state index contributed by atoms with van der Waals surface area (Å²) < 4.78 is 83.0. The fourth-order valence-corrected chi connectivity index (χ4v) is 10.2. The predicted molar refractivity (Wildman–Crippen MR) is 260 cm³/mol. The zero-order valence-electron chi connectivity index (χ0n) is 45.0. The summed E-state index contributed by atoms with van der Waals surface area (Å²) >= 11 is 0. The van der Waals surface area contributed by atoms with Crippen molar-refractivity contribution in [3.05, 3.63) is 24.3 Å². The van der Waals surface area contributed by atoms with Gasteiger partial charge >= 0.3 is 0 Å². The lowest BCUT2D eigenvalue weighted by Gasteiger charge is -2.51. The van der Waals surface area contributed by atoms with E-state index < -0.39 is 216 Å². The Balaban J connectivity index is 1.16. The van der Waals surface area contributed by atoms with E-state index in [0.29, 0.717) is 11.5 Å². The monoisotopic (exact) mass is 1170 g/mol. The Morgan fingerprint density at radius 3 is 1.21 bits per heavy atom. The number of methoxy groups -OCH3 is 1. The van der Waals surface area contributed by atoms with Gasteiger partial charge in [-0.2, -0.15) is 0 Å². The summed E-state index contributed by atoms with van der Waals surface area (Å²) in [4.78, 5) is 26.1. The standard InChI is InChI=1S/C49H78N2O30/c1-16-28(57)35(64)41(47(71-16)70-12-11-69-22-9-7-21(68-6)8-10-22)81-49-42(36(65)29(58)18(3)73-49)79-45-26(50-19(4)55)39(32(61)24(14-53)75-45)77-44-27(51-20(5)56)40(33(62)25(15-54)74-44)78-48-43(37(66)30(59)17(2)72-48)80-46-38(67)34(63)31(60)23(13-52)76-46/h7-10,16-18,23-49,52-54,57-67H,11-15H2,1-6H3,(H,50,55)(H,51,56)/t16-,17-,18-,23+,24+,25+,26+,27+,28-,29-,30-,31+,32+,33+,34-,35+,36+,37+,38+,39+,40+,41+,42+,43+,44-,45-,46-,47+,48-,49-/m0/s1. The molecule has 464 valence electrons. The molecule has 0 spiro atoms. The Kier molecular flexibility index (Phi) is 23.2. The molecule has 6 aliphatic rings. The maximum atomic E-state index is 13.1. The highest BCUT2D eigenvalue weighted by atomic mass is 16.8. The van der Waals surface area contributed by atoms with E-state index in [9.17, 15) is 81.1 Å². The third kappa shape index (κ3) is 14.9. The predicted octanol–water partition coefficient (Wildman–Crippen LogP) is -8.62. The minimum Gasteiger partial charge on any atom is -0.497 e. The van der Waals surface area contributed by atoms with Gasteiger partial charge in [-0.15, -0.1) is 0 Å². The van der Waals surface area contributed by atoms with Crippen LogP contribution in [0, 0.1) is 0 Å². The van der Waals surface area contributed by atoms with Crippen molar-refractivity contribution in [2.45, 2.75) is 219 Å². The maximum Gasteiger partial charge on any atom is 0.217 e. The molecule has 30 atom stereocenters. The van der Waals surface area contributed by atoms with Crippen molar-refractivity contribution < 1.29 is 147 Å². The summed E-state index contributed by atoms with van der Waals surface area (Å²) in [6.07, 6.45) is -49.0. The molecule has 6 heterocycles. The Morgan fingerprint density at radius 1 is 0.420 bits per heavy atom. The van der Waals surface area contributed by atoms with Gasteiger partial charge in [0.15, 0.2) is 37.7 Å². The smallest absolute Gasteiger partial charge is 0.217 e. The summed E-state index contributed by atoms with van der Waals surface area (Å²) in [7, 11) is 1.51. The zero-order chi connectivity index (χ0) is 59.3. The molecule has 6 fully saturated rings. The SMILES string of the molecule is COc1ccc(OCCO[C@@H]2O[C@@H](C)[C@H](O)[C@@H](O)[C@H]2O[C@@H]2O[C@@H](C)[C@H](O)[C@@H](O)[C@H]2O[C@@H]2O[C@H](CO)[C@@H](O)[C@H](O[C@@H]3O[C@H](CO)[C@@H](O)[C@H](O[C@@H]4O[C@@H](C)[C@H](O)[C@@H](O)[C@H]4O[C@@H]4O[C@H](CO)[C@@H](O)[C@H](O)[C@H]4O)[C@H]3NC(C)=O)[C@H]2NC(C)=O)cc1. The fraction of sp³-hybridized carbons (Fsp3) is 0.837. The minimum absolute atomic E-state index is 0.0378. The number of amides is 2.